The molecule has 0 spiro atoms. The zero-order valence-corrected chi connectivity index (χ0v) is 16.8. The molecule has 2 aliphatic rings. The number of nitrogens with one attached hydrogen (secondary N) is 2. The molecule has 1 aromatic heterocycles. The van der Waals surface area contributed by atoms with Crippen LogP contribution in [0.3, 0.4) is 0 Å². The van der Waals surface area contributed by atoms with Gasteiger partial charge in [-0.2, -0.15) is 0 Å². The average Bonchev–Trinajstić information content (AvgIpc) is 3.06. The molecule has 0 aliphatic carbocycles. The molecule has 1 atom stereocenters. The summed E-state index contributed by atoms with van der Waals surface area (Å²) in [6.07, 6.45) is 6.32. The summed E-state index contributed by atoms with van der Waals surface area (Å²) in [5.74, 6) is 0.252. The minimum absolute atomic E-state index is 0.111. The summed E-state index contributed by atoms with van der Waals surface area (Å²) in [7, 11) is 1.91. The molecule has 2 aromatic rings. The molecule has 9 heteroatoms. The Kier molecular flexibility index (Phi) is 5.18. The van der Waals surface area contributed by atoms with Gasteiger partial charge in [0.1, 0.15) is 12.5 Å². The van der Waals surface area contributed by atoms with Crippen LogP contribution >= 0.6 is 0 Å². The molecule has 9 nitrogen and oxygen atoms in total. The minimum atomic E-state index is -0.364. The van der Waals surface area contributed by atoms with Crippen LogP contribution in [0.1, 0.15) is 30.1 Å². The quantitative estimate of drug-likeness (QED) is 0.676. The number of aliphatic imine (C=N–C) groups is 1. The summed E-state index contributed by atoms with van der Waals surface area (Å²) in [6, 6.07) is 5.39. The highest BCUT2D eigenvalue weighted by molar-refractivity contribution is 6.26. The lowest BCUT2D eigenvalue weighted by Crippen LogP contribution is -2.37. The van der Waals surface area contributed by atoms with Crippen molar-refractivity contribution in [2.24, 2.45) is 4.99 Å². The third-order valence-corrected chi connectivity index (χ3v) is 5.39. The lowest BCUT2D eigenvalue weighted by Gasteiger charge is -2.26. The van der Waals surface area contributed by atoms with Gasteiger partial charge in [0.05, 0.1) is 23.1 Å². The summed E-state index contributed by atoms with van der Waals surface area (Å²) in [6.45, 7) is 2.43. The average molecular weight is 406 g/mol. The Morgan fingerprint density at radius 1 is 1.43 bits per heavy atom. The SMILES string of the molecule is CC(CCC(=O)NC=O)N1C(=O)c2cccc3c(N(C)C4=CNCN=C4)ncc1c23. The Bertz CT molecular complexity index is 1090. The maximum Gasteiger partial charge on any atom is 0.259 e. The number of hydrogen-bond acceptors (Lipinski definition) is 7. The van der Waals surface area contributed by atoms with Gasteiger partial charge in [0.15, 0.2) is 0 Å². The summed E-state index contributed by atoms with van der Waals surface area (Å²) in [4.78, 5) is 47.7. The van der Waals surface area contributed by atoms with E-state index in [1.54, 1.807) is 17.3 Å². The third kappa shape index (κ3) is 3.28. The molecule has 0 fully saturated rings. The normalized spacial score (nSPS) is 15.6. The molecule has 1 aromatic carbocycles. The number of carbonyl (C=O) groups excluding carboxylic acids is 3. The number of rotatable bonds is 7. The second-order valence-corrected chi connectivity index (χ2v) is 7.25. The lowest BCUT2D eigenvalue weighted by molar-refractivity contribution is -0.125. The largest absolute Gasteiger partial charge is 0.371 e. The number of aromatic nitrogens is 1. The van der Waals surface area contributed by atoms with Crippen molar-refractivity contribution >= 4 is 46.7 Å². The van der Waals surface area contributed by atoms with Crippen molar-refractivity contribution < 1.29 is 14.4 Å². The Labute approximate surface area is 173 Å². The number of anilines is 2. The molecule has 0 saturated heterocycles. The van der Waals surface area contributed by atoms with Crippen LogP contribution in [0, 0.1) is 0 Å². The molecule has 2 N–H and O–H groups in total. The number of amides is 3. The predicted molar refractivity (Wildman–Crippen MR) is 114 cm³/mol. The van der Waals surface area contributed by atoms with Gasteiger partial charge in [0.25, 0.3) is 5.91 Å². The number of benzene rings is 1. The molecule has 3 heterocycles. The van der Waals surface area contributed by atoms with Gasteiger partial charge in [-0.05, 0) is 19.4 Å². The van der Waals surface area contributed by atoms with E-state index in [1.807, 2.05) is 43.3 Å². The minimum Gasteiger partial charge on any atom is -0.371 e. The number of hydrogen-bond donors (Lipinski definition) is 2. The van der Waals surface area contributed by atoms with Gasteiger partial charge < -0.3 is 15.1 Å². The van der Waals surface area contributed by atoms with E-state index in [9.17, 15) is 14.4 Å². The maximum absolute atomic E-state index is 13.2. The van der Waals surface area contributed by atoms with Crippen molar-refractivity contribution in [2.45, 2.75) is 25.8 Å². The molecule has 0 radical (unpaired) electrons. The van der Waals surface area contributed by atoms with Crippen molar-refractivity contribution in [3.05, 3.63) is 41.9 Å². The fraction of sp³-hybridized carbons (Fsp3) is 0.286. The lowest BCUT2D eigenvalue weighted by atomic mass is 10.1. The predicted octanol–water partition coefficient (Wildman–Crippen LogP) is 1.55. The van der Waals surface area contributed by atoms with E-state index in [0.717, 1.165) is 28.0 Å². The van der Waals surface area contributed by atoms with E-state index in [1.165, 1.54) is 0 Å². The van der Waals surface area contributed by atoms with Crippen molar-refractivity contribution in [1.29, 1.82) is 0 Å². The van der Waals surface area contributed by atoms with Gasteiger partial charge in [-0.1, -0.05) is 12.1 Å². The van der Waals surface area contributed by atoms with E-state index in [0.29, 0.717) is 25.1 Å². The molecule has 0 bridgehead atoms. The van der Waals surface area contributed by atoms with Crippen LogP contribution in [0.5, 0.6) is 0 Å². The fourth-order valence-corrected chi connectivity index (χ4v) is 3.87. The Morgan fingerprint density at radius 2 is 2.27 bits per heavy atom. The third-order valence-electron chi connectivity index (χ3n) is 5.39. The summed E-state index contributed by atoms with van der Waals surface area (Å²) in [5.41, 5.74) is 2.22. The Morgan fingerprint density at radius 3 is 3.00 bits per heavy atom. The molecular formula is C21H22N6O3. The molecule has 2 aliphatic heterocycles. The smallest absolute Gasteiger partial charge is 0.259 e. The first-order valence-electron chi connectivity index (χ1n) is 9.68. The molecular weight excluding hydrogens is 384 g/mol. The molecule has 4 rings (SSSR count). The van der Waals surface area contributed by atoms with Gasteiger partial charge >= 0.3 is 0 Å². The molecule has 0 saturated carbocycles. The highest BCUT2D eigenvalue weighted by atomic mass is 16.2. The van der Waals surface area contributed by atoms with E-state index in [2.05, 4.69) is 20.6 Å². The highest BCUT2D eigenvalue weighted by Gasteiger charge is 2.34. The van der Waals surface area contributed by atoms with Gasteiger partial charge in [0, 0.05) is 42.7 Å². The van der Waals surface area contributed by atoms with Crippen molar-refractivity contribution in [1.82, 2.24) is 15.6 Å². The first-order chi connectivity index (χ1) is 14.5. The molecule has 1 unspecified atom stereocenters. The number of imide groups is 1. The topological polar surface area (TPSA) is 107 Å². The van der Waals surface area contributed by atoms with Crippen LogP contribution in [0.15, 0.2) is 41.3 Å². The van der Waals surface area contributed by atoms with Gasteiger partial charge in [-0.3, -0.25) is 24.7 Å². The maximum atomic E-state index is 13.2. The first kappa shape index (κ1) is 19.6. The van der Waals surface area contributed by atoms with Crippen molar-refractivity contribution in [2.75, 3.05) is 23.5 Å². The van der Waals surface area contributed by atoms with Crippen LogP contribution in [0.25, 0.3) is 10.8 Å². The number of pyridine rings is 1. The highest BCUT2D eigenvalue weighted by Crippen LogP contribution is 2.41. The molecule has 154 valence electrons. The second-order valence-electron chi connectivity index (χ2n) is 7.25. The number of nitrogens with zero attached hydrogens (tertiary/aromatic N) is 4. The zero-order chi connectivity index (χ0) is 21.3. The second kappa shape index (κ2) is 7.94. The number of carbonyl (C=O) groups is 3. The first-order valence-corrected chi connectivity index (χ1v) is 9.68. The van der Waals surface area contributed by atoms with Gasteiger partial charge in [-0.25, -0.2) is 4.98 Å². The zero-order valence-electron chi connectivity index (χ0n) is 16.8. The van der Waals surface area contributed by atoms with E-state index in [-0.39, 0.29) is 24.3 Å². The van der Waals surface area contributed by atoms with E-state index in [4.69, 9.17) is 0 Å². The summed E-state index contributed by atoms with van der Waals surface area (Å²) >= 11 is 0. The van der Waals surface area contributed by atoms with E-state index >= 15 is 0 Å². The van der Waals surface area contributed by atoms with Crippen LogP contribution in [-0.2, 0) is 9.59 Å². The fourth-order valence-electron chi connectivity index (χ4n) is 3.87. The van der Waals surface area contributed by atoms with Crippen LogP contribution in [0.2, 0.25) is 0 Å². The van der Waals surface area contributed by atoms with Crippen molar-refractivity contribution in [3.63, 3.8) is 0 Å². The number of allylic oxidation sites excluding steroid dienone is 1. The van der Waals surface area contributed by atoms with Gasteiger partial charge in [-0.15, -0.1) is 0 Å². The summed E-state index contributed by atoms with van der Waals surface area (Å²) < 4.78 is 0. The van der Waals surface area contributed by atoms with Gasteiger partial charge in [0.2, 0.25) is 12.3 Å². The molecule has 30 heavy (non-hydrogen) atoms. The monoisotopic (exact) mass is 406 g/mol. The summed E-state index contributed by atoms with van der Waals surface area (Å²) in [5, 5.41) is 6.93. The van der Waals surface area contributed by atoms with Crippen LogP contribution < -0.4 is 20.4 Å². The molecule has 3 amide bonds. The van der Waals surface area contributed by atoms with Crippen molar-refractivity contribution in [3.8, 4) is 0 Å². The Balaban J connectivity index is 1.69. The van der Waals surface area contributed by atoms with Crippen LogP contribution in [0.4, 0.5) is 11.5 Å². The van der Waals surface area contributed by atoms with E-state index < -0.39 is 0 Å². The standard InChI is InChI=1S/C21H22N6O3/c1-13(6-7-18(29)25-12-28)27-17-10-24-20(26(2)14-8-22-11-23-9-14)15-4-3-5-16(19(15)17)21(27)30/h3-5,8-10,12-13,22H,6-7,11H2,1-2H3,(H,25,28,29). The van der Waals surface area contributed by atoms with Crippen LogP contribution in [-0.4, -0.2) is 49.2 Å². The Hall–Kier alpha value is -3.75.